The van der Waals surface area contributed by atoms with E-state index in [1.54, 1.807) is 0 Å². The quantitative estimate of drug-likeness (QED) is 0.904. The predicted molar refractivity (Wildman–Crippen MR) is 91.7 cm³/mol. The highest BCUT2D eigenvalue weighted by molar-refractivity contribution is 5.33. The largest absolute Gasteiger partial charge is 0.311 e. The van der Waals surface area contributed by atoms with Crippen molar-refractivity contribution in [3.8, 4) is 0 Å². The summed E-state index contributed by atoms with van der Waals surface area (Å²) < 4.78 is 0. The summed E-state index contributed by atoms with van der Waals surface area (Å²) in [5.41, 5.74) is 4.58. The van der Waals surface area contributed by atoms with Gasteiger partial charge in [-0.25, -0.2) is 0 Å². The molecule has 0 saturated carbocycles. The summed E-state index contributed by atoms with van der Waals surface area (Å²) in [7, 11) is 0. The molecule has 1 aliphatic heterocycles. The van der Waals surface area contributed by atoms with Gasteiger partial charge in [0, 0.05) is 31.2 Å². The molecule has 1 N–H and O–H groups in total. The highest BCUT2D eigenvalue weighted by atomic mass is 15.3. The molecule has 1 fully saturated rings. The van der Waals surface area contributed by atoms with Crippen LogP contribution in [0.3, 0.4) is 0 Å². The number of hydrogen-bond acceptors (Lipinski definition) is 2. The lowest BCUT2D eigenvalue weighted by molar-refractivity contribution is 0.0532. The van der Waals surface area contributed by atoms with Crippen LogP contribution in [0.1, 0.15) is 50.8 Å². The lowest BCUT2D eigenvalue weighted by atomic mass is 9.92. The second-order valence-corrected chi connectivity index (χ2v) is 7.77. The molecule has 0 aliphatic carbocycles. The molecular formula is C19H32N2. The second-order valence-electron chi connectivity index (χ2n) is 7.77. The molecule has 1 unspecified atom stereocenters. The number of nitrogens with zero attached hydrogens (tertiary/aromatic N) is 1. The van der Waals surface area contributed by atoms with Gasteiger partial charge in [0.1, 0.15) is 0 Å². The molecule has 1 aromatic rings. The summed E-state index contributed by atoms with van der Waals surface area (Å²) in [6.45, 7) is 17.1. The summed E-state index contributed by atoms with van der Waals surface area (Å²) in [5.74, 6) is 0.755. The third-order valence-corrected chi connectivity index (χ3v) is 4.87. The molecule has 21 heavy (non-hydrogen) atoms. The summed E-state index contributed by atoms with van der Waals surface area (Å²) in [6.07, 6.45) is 1.26. The normalized spacial score (nSPS) is 22.7. The Labute approximate surface area is 130 Å². The maximum Gasteiger partial charge on any atom is 0.0281 e. The monoisotopic (exact) mass is 288 g/mol. The molecule has 0 radical (unpaired) electrons. The van der Waals surface area contributed by atoms with Crippen LogP contribution in [0.4, 0.5) is 0 Å². The van der Waals surface area contributed by atoms with Crippen LogP contribution in [0.15, 0.2) is 18.2 Å². The van der Waals surface area contributed by atoms with Gasteiger partial charge in [0.05, 0.1) is 0 Å². The number of benzene rings is 1. The van der Waals surface area contributed by atoms with Gasteiger partial charge in [-0.1, -0.05) is 32.0 Å². The van der Waals surface area contributed by atoms with Gasteiger partial charge >= 0.3 is 0 Å². The molecule has 0 bridgehead atoms. The Morgan fingerprint density at radius 3 is 2.43 bits per heavy atom. The van der Waals surface area contributed by atoms with E-state index < -0.39 is 0 Å². The van der Waals surface area contributed by atoms with E-state index in [1.165, 1.54) is 23.1 Å². The third-order valence-electron chi connectivity index (χ3n) is 4.87. The Hall–Kier alpha value is -0.860. The zero-order valence-corrected chi connectivity index (χ0v) is 14.7. The minimum absolute atomic E-state index is 0.224. The van der Waals surface area contributed by atoms with E-state index >= 15 is 0 Å². The Morgan fingerprint density at radius 1 is 1.24 bits per heavy atom. The lowest BCUT2D eigenvalue weighted by Gasteiger charge is -2.47. The van der Waals surface area contributed by atoms with Crippen LogP contribution in [0.25, 0.3) is 0 Å². The highest BCUT2D eigenvalue weighted by Gasteiger charge is 2.34. The first kappa shape index (κ1) is 16.5. The molecule has 2 nitrogen and oxygen atoms in total. The SMILES string of the molecule is Cc1cccc(C)c1CN1CC(CC(C)C)NCC1(C)C. The van der Waals surface area contributed by atoms with Gasteiger partial charge in [-0.2, -0.15) is 0 Å². The maximum absolute atomic E-state index is 3.74. The van der Waals surface area contributed by atoms with Crippen molar-refractivity contribution >= 4 is 0 Å². The van der Waals surface area contributed by atoms with Gasteiger partial charge in [-0.05, 0) is 56.7 Å². The van der Waals surface area contributed by atoms with Crippen molar-refractivity contribution < 1.29 is 0 Å². The Balaban J connectivity index is 2.15. The topological polar surface area (TPSA) is 15.3 Å². The van der Waals surface area contributed by atoms with Crippen molar-refractivity contribution in [3.63, 3.8) is 0 Å². The zero-order valence-electron chi connectivity index (χ0n) is 14.7. The van der Waals surface area contributed by atoms with Crippen molar-refractivity contribution in [2.75, 3.05) is 13.1 Å². The molecule has 1 aliphatic rings. The molecule has 0 spiro atoms. The van der Waals surface area contributed by atoms with Gasteiger partial charge in [0.25, 0.3) is 0 Å². The van der Waals surface area contributed by atoms with Crippen molar-refractivity contribution in [1.29, 1.82) is 0 Å². The molecule has 1 saturated heterocycles. The van der Waals surface area contributed by atoms with E-state index in [1.807, 2.05) is 0 Å². The molecule has 118 valence electrons. The predicted octanol–water partition coefficient (Wildman–Crippen LogP) is 3.90. The Bertz CT molecular complexity index is 456. The average Bonchev–Trinajstić information content (AvgIpc) is 2.37. The van der Waals surface area contributed by atoms with E-state index in [4.69, 9.17) is 0 Å². The Morgan fingerprint density at radius 2 is 1.86 bits per heavy atom. The summed E-state index contributed by atoms with van der Waals surface area (Å²) in [5, 5.41) is 3.74. The minimum Gasteiger partial charge on any atom is -0.311 e. The molecule has 1 atom stereocenters. The summed E-state index contributed by atoms with van der Waals surface area (Å²) in [4.78, 5) is 2.67. The average molecular weight is 288 g/mol. The van der Waals surface area contributed by atoms with Crippen LogP contribution in [0, 0.1) is 19.8 Å². The van der Waals surface area contributed by atoms with Gasteiger partial charge in [0.2, 0.25) is 0 Å². The minimum atomic E-state index is 0.224. The van der Waals surface area contributed by atoms with Crippen LogP contribution >= 0.6 is 0 Å². The van der Waals surface area contributed by atoms with E-state index in [2.05, 4.69) is 70.0 Å². The first-order valence-corrected chi connectivity index (χ1v) is 8.33. The fourth-order valence-corrected chi connectivity index (χ4v) is 3.38. The van der Waals surface area contributed by atoms with E-state index in [0.717, 1.165) is 25.6 Å². The van der Waals surface area contributed by atoms with E-state index in [0.29, 0.717) is 6.04 Å². The zero-order chi connectivity index (χ0) is 15.6. The van der Waals surface area contributed by atoms with Crippen LogP contribution in [0.5, 0.6) is 0 Å². The van der Waals surface area contributed by atoms with E-state index in [-0.39, 0.29) is 5.54 Å². The molecule has 2 heteroatoms. The van der Waals surface area contributed by atoms with Gasteiger partial charge in [-0.3, -0.25) is 4.90 Å². The first-order chi connectivity index (χ1) is 9.79. The molecular weight excluding hydrogens is 256 g/mol. The number of nitrogens with one attached hydrogen (secondary N) is 1. The molecule has 1 aromatic carbocycles. The molecule has 0 aromatic heterocycles. The van der Waals surface area contributed by atoms with Crippen LogP contribution in [0.2, 0.25) is 0 Å². The Kier molecular flexibility index (Phi) is 5.11. The van der Waals surface area contributed by atoms with E-state index in [9.17, 15) is 0 Å². The van der Waals surface area contributed by atoms with Crippen molar-refractivity contribution in [1.82, 2.24) is 10.2 Å². The highest BCUT2D eigenvalue weighted by Crippen LogP contribution is 2.25. The lowest BCUT2D eigenvalue weighted by Crippen LogP contribution is -2.61. The first-order valence-electron chi connectivity index (χ1n) is 8.33. The van der Waals surface area contributed by atoms with Gasteiger partial charge in [0.15, 0.2) is 0 Å². The van der Waals surface area contributed by atoms with Crippen molar-refractivity contribution in [3.05, 3.63) is 34.9 Å². The number of piperazine rings is 1. The van der Waals surface area contributed by atoms with Gasteiger partial charge < -0.3 is 5.32 Å². The van der Waals surface area contributed by atoms with Gasteiger partial charge in [-0.15, -0.1) is 0 Å². The maximum atomic E-state index is 3.74. The van der Waals surface area contributed by atoms with Crippen LogP contribution in [-0.4, -0.2) is 29.6 Å². The number of aryl methyl sites for hydroxylation is 2. The second kappa shape index (κ2) is 6.50. The number of hydrogen-bond donors (Lipinski definition) is 1. The van der Waals surface area contributed by atoms with Crippen molar-refractivity contribution in [2.24, 2.45) is 5.92 Å². The van der Waals surface area contributed by atoms with Crippen LogP contribution in [-0.2, 0) is 6.54 Å². The fraction of sp³-hybridized carbons (Fsp3) is 0.684. The van der Waals surface area contributed by atoms with Crippen molar-refractivity contribution in [2.45, 2.75) is 66.1 Å². The van der Waals surface area contributed by atoms with Crippen LogP contribution < -0.4 is 5.32 Å². The molecule has 2 rings (SSSR count). The number of rotatable bonds is 4. The summed E-state index contributed by atoms with van der Waals surface area (Å²) >= 11 is 0. The molecule has 0 amide bonds. The smallest absolute Gasteiger partial charge is 0.0281 e. The standard InChI is InChI=1S/C19H32N2/c1-14(2)10-17-11-21(19(5,6)13-20-17)12-18-15(3)8-7-9-16(18)4/h7-9,14,17,20H,10-13H2,1-6H3. The summed E-state index contributed by atoms with van der Waals surface area (Å²) in [6, 6.07) is 7.27. The molecule has 1 heterocycles. The third kappa shape index (κ3) is 4.08. The fourth-order valence-electron chi connectivity index (χ4n) is 3.38.